The molecule has 0 aromatic carbocycles. The third kappa shape index (κ3) is 9.38. The van der Waals surface area contributed by atoms with Crippen LogP contribution in [0, 0.1) is 0 Å². The predicted molar refractivity (Wildman–Crippen MR) is 33.5 cm³/mol. The molecule has 0 saturated carbocycles. The molecule has 0 heterocycles. The van der Waals surface area contributed by atoms with Crippen molar-refractivity contribution < 1.29 is 9.18 Å². The molecule has 0 aliphatic carbocycles. The summed E-state index contributed by atoms with van der Waals surface area (Å²) in [5, 5.41) is 2.11. The number of halogens is 3. The van der Waals surface area contributed by atoms with Gasteiger partial charge in [0.15, 0.2) is 11.9 Å². The summed E-state index contributed by atoms with van der Waals surface area (Å²) in [5.41, 5.74) is 0. The van der Waals surface area contributed by atoms with Crippen LogP contribution in [0.15, 0.2) is 5.16 Å². The zero-order chi connectivity index (χ0) is 5.70. The van der Waals surface area contributed by atoms with Crippen LogP contribution in [0.2, 0.25) is 0 Å². The smallest absolute Gasteiger partial charge is 0.266 e. The molecule has 48 valence electrons. The van der Waals surface area contributed by atoms with Gasteiger partial charge < -0.3 is 0 Å². The lowest BCUT2D eigenvalue weighted by Gasteiger charge is -1.72. The molecule has 0 spiro atoms. The fourth-order valence-electron chi connectivity index (χ4n) is 0.0614. The standard InChI is InChI=1S/C2HCl2NO2.ClH/c3-2(6)1-5-7-4;/h1H;1H. The second-order valence-corrected chi connectivity index (χ2v) is 1.12. The van der Waals surface area contributed by atoms with Crippen LogP contribution in [0.1, 0.15) is 0 Å². The third-order valence-corrected chi connectivity index (χ3v) is 0.371. The lowest BCUT2D eigenvalue weighted by molar-refractivity contribution is -0.105. The van der Waals surface area contributed by atoms with Gasteiger partial charge in [-0.25, -0.2) is 0 Å². The van der Waals surface area contributed by atoms with E-state index in [1.165, 1.54) is 0 Å². The lowest BCUT2D eigenvalue weighted by Crippen LogP contribution is -1.83. The molecule has 0 aliphatic heterocycles. The molecule has 0 aromatic heterocycles. The number of carbonyl (C=O) groups is 1. The Balaban J connectivity index is 0. The van der Waals surface area contributed by atoms with Gasteiger partial charge in [-0.2, -0.15) is 0 Å². The Morgan fingerprint density at radius 1 is 1.75 bits per heavy atom. The van der Waals surface area contributed by atoms with Gasteiger partial charge >= 0.3 is 0 Å². The Labute approximate surface area is 62.2 Å². The van der Waals surface area contributed by atoms with Gasteiger partial charge in [-0.05, 0) is 11.6 Å². The monoisotopic (exact) mass is 177 g/mol. The van der Waals surface area contributed by atoms with Crippen LogP contribution < -0.4 is 0 Å². The fourth-order valence-corrected chi connectivity index (χ4v) is 0.141. The summed E-state index contributed by atoms with van der Waals surface area (Å²) in [6.07, 6.45) is 0.745. The van der Waals surface area contributed by atoms with Crippen molar-refractivity contribution in [3.05, 3.63) is 0 Å². The highest BCUT2D eigenvalue weighted by Gasteiger charge is 1.82. The second-order valence-electron chi connectivity index (χ2n) is 0.608. The van der Waals surface area contributed by atoms with Gasteiger partial charge in [-0.3, -0.25) is 9.18 Å². The number of hydrogen-bond donors (Lipinski definition) is 0. The van der Waals surface area contributed by atoms with Gasteiger partial charge in [0.2, 0.25) is 0 Å². The molecule has 6 heteroatoms. The Morgan fingerprint density at radius 2 is 2.25 bits per heavy atom. The molecule has 0 saturated heterocycles. The topological polar surface area (TPSA) is 38.7 Å². The quantitative estimate of drug-likeness (QED) is 0.363. The summed E-state index contributed by atoms with van der Waals surface area (Å²) in [7, 11) is 0. The van der Waals surface area contributed by atoms with Gasteiger partial charge in [-0.15, -0.1) is 12.4 Å². The molecule has 0 N–H and O–H groups in total. The first-order chi connectivity index (χ1) is 3.27. The SMILES string of the molecule is Cl.O=C(Cl)C=NOCl. The van der Waals surface area contributed by atoms with Crippen molar-refractivity contribution in [1.29, 1.82) is 0 Å². The average Bonchev–Trinajstić information content (AvgIpc) is 1.61. The molecule has 8 heavy (non-hydrogen) atoms. The molecular formula is C2H2Cl3NO2. The Hall–Kier alpha value is 0.01000. The number of oxime groups is 1. The molecule has 0 aromatic rings. The van der Waals surface area contributed by atoms with E-state index < -0.39 is 5.24 Å². The minimum absolute atomic E-state index is 0. The Bertz CT molecular complexity index is 93.3. The van der Waals surface area contributed by atoms with Gasteiger partial charge in [0.25, 0.3) is 5.24 Å². The van der Waals surface area contributed by atoms with Gasteiger partial charge in [0.05, 0.1) is 0 Å². The average molecular weight is 178 g/mol. The minimum Gasteiger partial charge on any atom is -0.277 e. The van der Waals surface area contributed by atoms with E-state index in [4.69, 9.17) is 11.6 Å². The molecule has 0 fully saturated rings. The first-order valence-electron chi connectivity index (χ1n) is 1.28. The number of carbonyl (C=O) groups excluding carboxylic acids is 1. The Morgan fingerprint density at radius 3 is 2.38 bits per heavy atom. The maximum Gasteiger partial charge on any atom is 0.266 e. The van der Waals surface area contributed by atoms with E-state index in [-0.39, 0.29) is 12.4 Å². The van der Waals surface area contributed by atoms with Crippen LogP contribution in [-0.2, 0) is 9.18 Å². The second kappa shape index (κ2) is 7.01. The van der Waals surface area contributed by atoms with E-state index in [0.717, 1.165) is 6.21 Å². The molecule has 0 unspecified atom stereocenters. The molecule has 0 amide bonds. The van der Waals surface area contributed by atoms with E-state index in [2.05, 4.69) is 21.4 Å². The first kappa shape index (κ1) is 10.9. The van der Waals surface area contributed by atoms with Gasteiger partial charge in [0, 0.05) is 0 Å². The van der Waals surface area contributed by atoms with Crippen LogP contribution >= 0.6 is 35.9 Å². The third-order valence-electron chi connectivity index (χ3n) is 0.194. The van der Waals surface area contributed by atoms with Crippen molar-refractivity contribution in [2.24, 2.45) is 5.16 Å². The molecular weight excluding hydrogens is 176 g/mol. The van der Waals surface area contributed by atoms with Gasteiger partial charge in [0.1, 0.15) is 6.21 Å². The number of hydrogen-bond acceptors (Lipinski definition) is 3. The van der Waals surface area contributed by atoms with E-state index >= 15 is 0 Å². The number of rotatable bonds is 2. The van der Waals surface area contributed by atoms with Crippen LogP contribution in [0.3, 0.4) is 0 Å². The Kier molecular flexibility index (Phi) is 9.55. The lowest BCUT2D eigenvalue weighted by atomic mass is 10.9. The normalized spacial score (nSPS) is 8.25. The van der Waals surface area contributed by atoms with Crippen molar-refractivity contribution in [3.8, 4) is 0 Å². The minimum atomic E-state index is -0.722. The largest absolute Gasteiger partial charge is 0.277 e. The predicted octanol–water partition coefficient (Wildman–Crippen LogP) is 1.33. The molecule has 3 nitrogen and oxygen atoms in total. The highest BCUT2D eigenvalue weighted by molar-refractivity contribution is 6.78. The fraction of sp³-hybridized carbons (Fsp3) is 0. The summed E-state index contributed by atoms with van der Waals surface area (Å²) >= 11 is 9.27. The van der Waals surface area contributed by atoms with Crippen molar-refractivity contribution in [2.45, 2.75) is 0 Å². The van der Waals surface area contributed by atoms with Crippen molar-refractivity contribution in [3.63, 3.8) is 0 Å². The zero-order valence-electron chi connectivity index (χ0n) is 3.51. The van der Waals surface area contributed by atoms with E-state index in [1.807, 2.05) is 0 Å². The molecule has 0 radical (unpaired) electrons. The van der Waals surface area contributed by atoms with Crippen LogP contribution in [0.5, 0.6) is 0 Å². The van der Waals surface area contributed by atoms with Crippen molar-refractivity contribution >= 4 is 47.3 Å². The van der Waals surface area contributed by atoms with E-state index in [1.54, 1.807) is 0 Å². The zero-order valence-corrected chi connectivity index (χ0v) is 5.83. The molecule has 0 rings (SSSR count). The van der Waals surface area contributed by atoms with E-state index in [0.29, 0.717) is 0 Å². The van der Waals surface area contributed by atoms with Crippen molar-refractivity contribution in [1.82, 2.24) is 0 Å². The highest BCUT2D eigenvalue weighted by atomic mass is 35.5. The number of nitrogens with zero attached hydrogens (tertiary/aromatic N) is 1. The van der Waals surface area contributed by atoms with Gasteiger partial charge in [-0.1, -0.05) is 5.16 Å². The van der Waals surface area contributed by atoms with Crippen LogP contribution in [0.25, 0.3) is 0 Å². The highest BCUT2D eigenvalue weighted by Crippen LogP contribution is 1.79. The first-order valence-corrected chi connectivity index (χ1v) is 1.96. The summed E-state index contributed by atoms with van der Waals surface area (Å²) in [6.45, 7) is 0. The molecule has 0 atom stereocenters. The van der Waals surface area contributed by atoms with E-state index in [9.17, 15) is 4.79 Å². The summed E-state index contributed by atoms with van der Waals surface area (Å²) < 4.78 is 3.59. The van der Waals surface area contributed by atoms with Crippen LogP contribution in [0.4, 0.5) is 0 Å². The maximum absolute atomic E-state index is 9.68. The summed E-state index contributed by atoms with van der Waals surface area (Å²) in [6, 6.07) is 0. The van der Waals surface area contributed by atoms with Crippen LogP contribution in [-0.4, -0.2) is 11.5 Å². The molecule has 0 bridgehead atoms. The maximum atomic E-state index is 9.68. The molecule has 0 aliphatic rings. The summed E-state index contributed by atoms with van der Waals surface area (Å²) in [5.74, 6) is 0. The summed E-state index contributed by atoms with van der Waals surface area (Å²) in [4.78, 5) is 9.68. The van der Waals surface area contributed by atoms with Crippen molar-refractivity contribution in [2.75, 3.05) is 0 Å².